The van der Waals surface area contributed by atoms with Gasteiger partial charge in [-0.25, -0.2) is 5.84 Å². The van der Waals surface area contributed by atoms with Crippen molar-refractivity contribution in [3.8, 4) is 17.4 Å². The maximum Gasteiger partial charge on any atom is 0.269 e. The average molecular weight is 328 g/mol. The number of amides is 1. The summed E-state index contributed by atoms with van der Waals surface area (Å²) in [5, 5.41) is 9.51. The highest BCUT2D eigenvalue weighted by atomic mass is 16.5. The molecule has 0 bridgehead atoms. The number of aromatic nitrogens is 1. The second kappa shape index (κ2) is 6.31. The summed E-state index contributed by atoms with van der Waals surface area (Å²) in [5.41, 5.74) is 3.19. The number of nitrogens with zero attached hydrogens (tertiary/aromatic N) is 2. The van der Waals surface area contributed by atoms with Crippen molar-refractivity contribution in [3.63, 3.8) is 0 Å². The van der Waals surface area contributed by atoms with Crippen LogP contribution in [0.5, 0.6) is 0 Å². The van der Waals surface area contributed by atoms with Gasteiger partial charge >= 0.3 is 0 Å². The molecule has 0 atom stereocenters. The molecule has 0 radical (unpaired) electrons. The fourth-order valence-corrected chi connectivity index (χ4v) is 2.91. The Morgan fingerprint density at radius 1 is 1.50 bits per heavy atom. The zero-order valence-electron chi connectivity index (χ0n) is 13.1. The predicted octanol–water partition coefficient (Wildman–Crippen LogP) is 0.351. The number of fused-ring (bicyclic) bond motifs is 1. The molecule has 8 nitrogen and oxygen atoms in total. The summed E-state index contributed by atoms with van der Waals surface area (Å²) in [6, 6.07) is 5.42. The molecule has 0 saturated carbocycles. The van der Waals surface area contributed by atoms with E-state index in [0.717, 1.165) is 0 Å². The van der Waals surface area contributed by atoms with Crippen molar-refractivity contribution in [3.05, 3.63) is 45.1 Å². The number of furan rings is 1. The van der Waals surface area contributed by atoms with Crippen LogP contribution in [0.15, 0.2) is 21.3 Å². The van der Waals surface area contributed by atoms with Crippen LogP contribution in [0.2, 0.25) is 0 Å². The Hall–Kier alpha value is -2.89. The van der Waals surface area contributed by atoms with E-state index in [0.29, 0.717) is 41.4 Å². The van der Waals surface area contributed by atoms with Gasteiger partial charge in [-0.2, -0.15) is 5.26 Å². The minimum absolute atomic E-state index is 0.0709. The first-order chi connectivity index (χ1) is 11.6. The van der Waals surface area contributed by atoms with E-state index in [1.165, 1.54) is 4.57 Å². The number of pyridine rings is 1. The van der Waals surface area contributed by atoms with Crippen LogP contribution in [-0.2, 0) is 29.1 Å². The van der Waals surface area contributed by atoms with Crippen molar-refractivity contribution in [2.24, 2.45) is 5.84 Å². The summed E-state index contributed by atoms with van der Waals surface area (Å²) in [6.45, 7) is 2.21. The molecular formula is C16H16N4O4. The van der Waals surface area contributed by atoms with E-state index < -0.39 is 11.5 Å². The summed E-state index contributed by atoms with van der Waals surface area (Å²) in [4.78, 5) is 24.4. The molecule has 0 spiro atoms. The van der Waals surface area contributed by atoms with Crippen LogP contribution in [0.3, 0.4) is 0 Å². The van der Waals surface area contributed by atoms with Gasteiger partial charge in [0.05, 0.1) is 13.2 Å². The molecule has 1 aliphatic heterocycles. The van der Waals surface area contributed by atoms with Crippen LogP contribution >= 0.6 is 0 Å². The summed E-state index contributed by atoms with van der Waals surface area (Å²) in [5.74, 6) is 5.72. The van der Waals surface area contributed by atoms with Crippen LogP contribution in [0.4, 0.5) is 0 Å². The average Bonchev–Trinajstić information content (AvgIpc) is 3.02. The van der Waals surface area contributed by atoms with Crippen molar-refractivity contribution in [2.45, 2.75) is 26.5 Å². The van der Waals surface area contributed by atoms with Crippen molar-refractivity contribution >= 4 is 5.91 Å². The number of hydrogen-bond donors (Lipinski definition) is 2. The van der Waals surface area contributed by atoms with E-state index in [-0.39, 0.29) is 18.7 Å². The number of carbonyl (C=O) groups is 1. The van der Waals surface area contributed by atoms with Gasteiger partial charge in [0, 0.05) is 23.2 Å². The van der Waals surface area contributed by atoms with E-state index in [1.807, 2.05) is 11.5 Å². The number of aryl methyl sites for hydroxylation is 1. The van der Waals surface area contributed by atoms with Crippen LogP contribution in [0.25, 0.3) is 11.3 Å². The van der Waals surface area contributed by atoms with Gasteiger partial charge in [-0.15, -0.1) is 0 Å². The minimum atomic E-state index is -0.536. The third-order valence-electron chi connectivity index (χ3n) is 3.98. The molecular weight excluding hydrogens is 312 g/mol. The van der Waals surface area contributed by atoms with Gasteiger partial charge in [-0.3, -0.25) is 15.0 Å². The van der Waals surface area contributed by atoms with E-state index in [2.05, 4.69) is 0 Å². The second-order valence-electron chi connectivity index (χ2n) is 5.46. The third kappa shape index (κ3) is 2.60. The standard InChI is InChI=1S/C16H16N4O4/c1-9-2-3-13(24-9)15-10(6-17)16(22)20(7-14(21)19-18)12-4-5-23-8-11(12)15/h2-3H,4-5,7-8,18H2,1H3,(H,19,21). The lowest BCUT2D eigenvalue weighted by atomic mass is 9.96. The van der Waals surface area contributed by atoms with E-state index >= 15 is 0 Å². The molecule has 0 aliphatic carbocycles. The van der Waals surface area contributed by atoms with Gasteiger partial charge in [0.15, 0.2) is 0 Å². The topological polar surface area (TPSA) is 123 Å². The van der Waals surface area contributed by atoms with Crippen molar-refractivity contribution in [1.29, 1.82) is 5.26 Å². The molecule has 0 unspecified atom stereocenters. The summed E-state index contributed by atoms with van der Waals surface area (Å²) >= 11 is 0. The first-order valence-corrected chi connectivity index (χ1v) is 7.39. The lowest BCUT2D eigenvalue weighted by Gasteiger charge is -2.24. The Morgan fingerprint density at radius 2 is 2.29 bits per heavy atom. The third-order valence-corrected chi connectivity index (χ3v) is 3.98. The molecule has 2 aromatic rings. The van der Waals surface area contributed by atoms with Crippen LogP contribution in [-0.4, -0.2) is 17.1 Å². The predicted molar refractivity (Wildman–Crippen MR) is 83.5 cm³/mol. The lowest BCUT2D eigenvalue weighted by Crippen LogP contribution is -2.39. The van der Waals surface area contributed by atoms with Gasteiger partial charge in [0.25, 0.3) is 11.5 Å². The quantitative estimate of drug-likeness (QED) is 0.476. The molecule has 2 aromatic heterocycles. The molecule has 124 valence electrons. The number of ether oxygens (including phenoxy) is 1. The fraction of sp³-hybridized carbons (Fsp3) is 0.312. The summed E-state index contributed by atoms with van der Waals surface area (Å²) < 4.78 is 12.4. The van der Waals surface area contributed by atoms with E-state index in [9.17, 15) is 14.9 Å². The van der Waals surface area contributed by atoms with Crippen LogP contribution in [0, 0.1) is 18.3 Å². The molecule has 3 rings (SSSR count). The maximum absolute atomic E-state index is 12.8. The van der Waals surface area contributed by atoms with Gasteiger partial charge in [0.1, 0.15) is 29.7 Å². The van der Waals surface area contributed by atoms with Gasteiger partial charge < -0.3 is 13.7 Å². The lowest BCUT2D eigenvalue weighted by molar-refractivity contribution is -0.121. The maximum atomic E-state index is 12.8. The second-order valence-corrected chi connectivity index (χ2v) is 5.46. The summed E-state index contributed by atoms with van der Waals surface area (Å²) in [6.07, 6.45) is 0.459. The Bertz CT molecular complexity index is 904. The number of hydrogen-bond acceptors (Lipinski definition) is 6. The molecule has 1 amide bonds. The molecule has 1 aliphatic rings. The Morgan fingerprint density at radius 3 is 2.92 bits per heavy atom. The van der Waals surface area contributed by atoms with Crippen LogP contribution < -0.4 is 16.8 Å². The Balaban J connectivity index is 2.31. The fourth-order valence-electron chi connectivity index (χ4n) is 2.91. The number of carbonyl (C=O) groups excluding carboxylic acids is 1. The smallest absolute Gasteiger partial charge is 0.269 e. The van der Waals surface area contributed by atoms with Gasteiger partial charge in [-0.1, -0.05) is 0 Å². The van der Waals surface area contributed by atoms with Gasteiger partial charge in [0.2, 0.25) is 0 Å². The monoisotopic (exact) mass is 328 g/mol. The highest BCUT2D eigenvalue weighted by molar-refractivity contribution is 5.76. The van der Waals surface area contributed by atoms with Crippen molar-refractivity contribution < 1.29 is 13.9 Å². The van der Waals surface area contributed by atoms with Crippen molar-refractivity contribution in [1.82, 2.24) is 9.99 Å². The van der Waals surface area contributed by atoms with Crippen LogP contribution in [0.1, 0.15) is 22.6 Å². The number of nitrogens with two attached hydrogens (primary N) is 1. The number of hydrazine groups is 1. The van der Waals surface area contributed by atoms with E-state index in [1.54, 1.807) is 19.1 Å². The largest absolute Gasteiger partial charge is 0.461 e. The highest BCUT2D eigenvalue weighted by Gasteiger charge is 2.27. The number of nitrogens with one attached hydrogen (secondary N) is 1. The number of nitriles is 1. The SMILES string of the molecule is Cc1ccc(-c2c3c(n(CC(=O)NN)c(=O)c2C#N)CCOC3)o1. The zero-order valence-corrected chi connectivity index (χ0v) is 13.1. The Kier molecular flexibility index (Phi) is 4.20. The van der Waals surface area contributed by atoms with Gasteiger partial charge in [-0.05, 0) is 19.1 Å². The minimum Gasteiger partial charge on any atom is -0.461 e. The molecule has 0 aromatic carbocycles. The summed E-state index contributed by atoms with van der Waals surface area (Å²) in [7, 11) is 0. The number of rotatable bonds is 3. The molecule has 3 heterocycles. The first-order valence-electron chi connectivity index (χ1n) is 7.39. The highest BCUT2D eigenvalue weighted by Crippen LogP contribution is 2.32. The van der Waals surface area contributed by atoms with Crippen molar-refractivity contribution in [2.75, 3.05) is 6.61 Å². The molecule has 24 heavy (non-hydrogen) atoms. The first kappa shape index (κ1) is 16.0. The molecule has 0 fully saturated rings. The molecule has 3 N–H and O–H groups in total. The Labute approximate surface area is 137 Å². The molecule has 8 heteroatoms. The molecule has 0 saturated heterocycles. The van der Waals surface area contributed by atoms with E-state index in [4.69, 9.17) is 15.0 Å². The zero-order chi connectivity index (χ0) is 17.3. The normalized spacial score (nSPS) is 13.2.